The Bertz CT molecular complexity index is 834. The number of amides is 1. The number of rotatable bonds is 2. The molecule has 0 bridgehead atoms. The second-order valence-corrected chi connectivity index (χ2v) is 5.19. The van der Waals surface area contributed by atoms with Crippen LogP contribution in [0, 0.1) is 0 Å². The molecule has 1 unspecified atom stereocenters. The van der Waals surface area contributed by atoms with Gasteiger partial charge in [0, 0.05) is 31.3 Å². The molecule has 4 heterocycles. The molecule has 3 aromatic heterocycles. The Morgan fingerprint density at radius 1 is 1.22 bits per heavy atom. The second kappa shape index (κ2) is 5.73. The zero-order chi connectivity index (χ0) is 15.6. The highest BCUT2D eigenvalue weighted by atomic mass is 16.5. The van der Waals surface area contributed by atoms with Crippen molar-refractivity contribution in [3.8, 4) is 0 Å². The number of carbonyl (C=O) groups is 1. The highest BCUT2D eigenvalue weighted by Crippen LogP contribution is 2.21. The molecule has 1 atom stereocenters. The molecule has 0 N–H and O–H groups in total. The van der Waals surface area contributed by atoms with E-state index in [9.17, 15) is 4.79 Å². The number of hydrogen-bond donors (Lipinski definition) is 0. The molecular formula is C15H14N6O2. The van der Waals surface area contributed by atoms with Gasteiger partial charge in [-0.1, -0.05) is 0 Å². The van der Waals surface area contributed by atoms with Gasteiger partial charge in [0.15, 0.2) is 5.65 Å². The van der Waals surface area contributed by atoms with Crippen molar-refractivity contribution < 1.29 is 9.53 Å². The van der Waals surface area contributed by atoms with Crippen molar-refractivity contribution >= 4 is 11.6 Å². The van der Waals surface area contributed by atoms with Crippen molar-refractivity contribution in [3.63, 3.8) is 0 Å². The van der Waals surface area contributed by atoms with E-state index < -0.39 is 0 Å². The van der Waals surface area contributed by atoms with Crippen molar-refractivity contribution in [2.24, 2.45) is 0 Å². The molecule has 1 amide bonds. The predicted octanol–water partition coefficient (Wildman–Crippen LogP) is 0.733. The van der Waals surface area contributed by atoms with Crippen molar-refractivity contribution in [2.45, 2.75) is 6.10 Å². The standard InChI is InChI=1S/C15H14N6O2/c22-15(11-8-19-21-5-1-2-18-14(11)21)20-6-7-23-13(10-20)12-9-16-3-4-17-12/h1-5,8-9,13H,6-7,10H2. The van der Waals surface area contributed by atoms with Crippen LogP contribution in [0.3, 0.4) is 0 Å². The van der Waals surface area contributed by atoms with Crippen LogP contribution in [0.25, 0.3) is 5.65 Å². The van der Waals surface area contributed by atoms with Crippen molar-refractivity contribution in [2.75, 3.05) is 19.7 Å². The van der Waals surface area contributed by atoms with Gasteiger partial charge in [-0.25, -0.2) is 9.50 Å². The van der Waals surface area contributed by atoms with Crippen LogP contribution in [-0.2, 0) is 4.74 Å². The number of fused-ring (bicyclic) bond motifs is 1. The first-order valence-corrected chi connectivity index (χ1v) is 7.28. The fourth-order valence-corrected chi connectivity index (χ4v) is 2.64. The average molecular weight is 310 g/mol. The summed E-state index contributed by atoms with van der Waals surface area (Å²) in [5, 5.41) is 4.16. The molecular weight excluding hydrogens is 296 g/mol. The summed E-state index contributed by atoms with van der Waals surface area (Å²) < 4.78 is 7.31. The summed E-state index contributed by atoms with van der Waals surface area (Å²) >= 11 is 0. The largest absolute Gasteiger partial charge is 0.368 e. The molecule has 1 fully saturated rings. The lowest BCUT2D eigenvalue weighted by atomic mass is 10.2. The van der Waals surface area contributed by atoms with E-state index >= 15 is 0 Å². The molecule has 0 spiro atoms. The maximum absolute atomic E-state index is 12.8. The Balaban J connectivity index is 1.59. The van der Waals surface area contributed by atoms with Gasteiger partial charge < -0.3 is 9.64 Å². The first kappa shape index (κ1) is 13.8. The zero-order valence-electron chi connectivity index (χ0n) is 12.2. The lowest BCUT2D eigenvalue weighted by Gasteiger charge is -2.32. The Morgan fingerprint density at radius 3 is 3.04 bits per heavy atom. The Morgan fingerprint density at radius 2 is 2.17 bits per heavy atom. The van der Waals surface area contributed by atoms with Crippen LogP contribution in [-0.4, -0.2) is 55.1 Å². The monoisotopic (exact) mass is 310 g/mol. The van der Waals surface area contributed by atoms with Crippen molar-refractivity contribution in [3.05, 3.63) is 54.5 Å². The van der Waals surface area contributed by atoms with Gasteiger partial charge in [-0.15, -0.1) is 0 Å². The number of carbonyl (C=O) groups excluding carboxylic acids is 1. The average Bonchev–Trinajstić information content (AvgIpc) is 3.06. The summed E-state index contributed by atoms with van der Waals surface area (Å²) in [6, 6.07) is 1.77. The molecule has 116 valence electrons. The summed E-state index contributed by atoms with van der Waals surface area (Å²) in [7, 11) is 0. The number of hydrogen-bond acceptors (Lipinski definition) is 6. The predicted molar refractivity (Wildman–Crippen MR) is 79.6 cm³/mol. The van der Waals surface area contributed by atoms with Crippen LogP contribution in [0.4, 0.5) is 0 Å². The first-order valence-electron chi connectivity index (χ1n) is 7.28. The van der Waals surface area contributed by atoms with Gasteiger partial charge in [-0.05, 0) is 6.07 Å². The smallest absolute Gasteiger partial charge is 0.259 e. The third kappa shape index (κ3) is 2.53. The third-order valence-electron chi connectivity index (χ3n) is 3.78. The van der Waals surface area contributed by atoms with E-state index in [0.29, 0.717) is 30.9 Å². The maximum Gasteiger partial charge on any atom is 0.259 e. The van der Waals surface area contributed by atoms with E-state index in [0.717, 1.165) is 5.69 Å². The minimum Gasteiger partial charge on any atom is -0.368 e. The molecule has 0 aromatic carbocycles. The maximum atomic E-state index is 12.8. The SMILES string of the molecule is O=C(c1cnn2cccnc12)N1CCOC(c2cnccn2)C1. The molecule has 1 aliphatic heterocycles. The number of morpholine rings is 1. The van der Waals surface area contributed by atoms with Gasteiger partial charge in [-0.3, -0.25) is 14.8 Å². The lowest BCUT2D eigenvalue weighted by Crippen LogP contribution is -2.42. The molecule has 3 aromatic rings. The van der Waals surface area contributed by atoms with Crippen LogP contribution >= 0.6 is 0 Å². The molecule has 0 saturated carbocycles. The van der Waals surface area contributed by atoms with Crippen LogP contribution in [0.1, 0.15) is 22.2 Å². The number of aromatic nitrogens is 5. The quantitative estimate of drug-likeness (QED) is 0.694. The Kier molecular flexibility index (Phi) is 3.43. The summed E-state index contributed by atoms with van der Waals surface area (Å²) in [6.45, 7) is 1.42. The molecule has 0 aliphatic carbocycles. The summed E-state index contributed by atoms with van der Waals surface area (Å²) in [4.78, 5) is 27.1. The van der Waals surface area contributed by atoms with E-state index in [-0.39, 0.29) is 12.0 Å². The van der Waals surface area contributed by atoms with Crippen LogP contribution in [0.5, 0.6) is 0 Å². The zero-order valence-corrected chi connectivity index (χ0v) is 12.2. The van der Waals surface area contributed by atoms with Crippen molar-refractivity contribution in [1.29, 1.82) is 0 Å². The lowest BCUT2D eigenvalue weighted by molar-refractivity contribution is -0.0248. The van der Waals surface area contributed by atoms with Crippen LogP contribution in [0.15, 0.2) is 43.2 Å². The third-order valence-corrected chi connectivity index (χ3v) is 3.78. The second-order valence-electron chi connectivity index (χ2n) is 5.19. The minimum atomic E-state index is -0.267. The number of nitrogens with zero attached hydrogens (tertiary/aromatic N) is 6. The first-order chi connectivity index (χ1) is 11.3. The van der Waals surface area contributed by atoms with Gasteiger partial charge >= 0.3 is 0 Å². The highest BCUT2D eigenvalue weighted by Gasteiger charge is 2.28. The highest BCUT2D eigenvalue weighted by molar-refractivity contribution is 5.99. The van der Waals surface area contributed by atoms with E-state index in [1.807, 2.05) is 0 Å². The fourth-order valence-electron chi connectivity index (χ4n) is 2.64. The van der Waals surface area contributed by atoms with E-state index in [1.54, 1.807) is 52.7 Å². The normalized spacial score (nSPS) is 18.3. The molecule has 4 rings (SSSR count). The van der Waals surface area contributed by atoms with Crippen LogP contribution < -0.4 is 0 Å². The molecule has 0 radical (unpaired) electrons. The summed E-state index contributed by atoms with van der Waals surface area (Å²) in [5.41, 5.74) is 1.77. The van der Waals surface area contributed by atoms with E-state index in [4.69, 9.17) is 4.74 Å². The minimum absolute atomic E-state index is 0.101. The number of ether oxygens (including phenoxy) is 1. The van der Waals surface area contributed by atoms with E-state index in [1.165, 1.54) is 0 Å². The molecule has 1 saturated heterocycles. The van der Waals surface area contributed by atoms with Gasteiger partial charge in [-0.2, -0.15) is 5.10 Å². The summed E-state index contributed by atoms with van der Waals surface area (Å²) in [5.74, 6) is -0.101. The van der Waals surface area contributed by atoms with Gasteiger partial charge in [0.2, 0.25) is 0 Å². The molecule has 23 heavy (non-hydrogen) atoms. The van der Waals surface area contributed by atoms with Gasteiger partial charge in [0.05, 0.1) is 31.2 Å². The Hall–Kier alpha value is -2.87. The van der Waals surface area contributed by atoms with Gasteiger partial charge in [0.25, 0.3) is 5.91 Å². The van der Waals surface area contributed by atoms with Crippen LogP contribution in [0.2, 0.25) is 0 Å². The molecule has 8 nitrogen and oxygen atoms in total. The molecule has 1 aliphatic rings. The topological polar surface area (TPSA) is 85.5 Å². The van der Waals surface area contributed by atoms with E-state index in [2.05, 4.69) is 20.1 Å². The van der Waals surface area contributed by atoms with Gasteiger partial charge in [0.1, 0.15) is 11.7 Å². The summed E-state index contributed by atoms with van der Waals surface area (Å²) in [6.07, 6.45) is 9.59. The Labute approximate surface area is 131 Å². The molecule has 8 heteroatoms. The van der Waals surface area contributed by atoms with Crippen molar-refractivity contribution in [1.82, 2.24) is 29.5 Å². The fraction of sp³-hybridized carbons (Fsp3) is 0.267.